The molecule has 8 heteroatoms. The zero-order chi connectivity index (χ0) is 23.7. The zero-order valence-corrected chi connectivity index (χ0v) is 20.3. The average molecular weight is 477 g/mol. The summed E-state index contributed by atoms with van der Waals surface area (Å²) < 4.78 is 5.85. The molecule has 1 atom stereocenters. The largest absolute Gasteiger partial charge is 0.479 e. The van der Waals surface area contributed by atoms with Crippen molar-refractivity contribution >= 4 is 28.8 Å². The Hall–Kier alpha value is -3.26. The van der Waals surface area contributed by atoms with Crippen molar-refractivity contribution < 1.29 is 14.3 Å². The maximum atomic E-state index is 13.2. The smallest absolute Gasteiger partial charge is 0.268 e. The minimum atomic E-state index is -0.638. The molecule has 1 aliphatic heterocycles. The van der Waals surface area contributed by atoms with Gasteiger partial charge in [0, 0.05) is 30.2 Å². The van der Waals surface area contributed by atoms with Crippen LogP contribution >= 0.6 is 11.3 Å². The molecule has 0 bridgehead atoms. The minimum absolute atomic E-state index is 0.00619. The Morgan fingerprint density at radius 3 is 2.76 bits per heavy atom. The Bertz CT molecular complexity index is 1190. The van der Waals surface area contributed by atoms with Crippen LogP contribution in [0.15, 0.2) is 48.0 Å². The number of carbonyl (C=O) groups is 2. The molecule has 2 aliphatic rings. The molecule has 0 saturated heterocycles. The lowest BCUT2D eigenvalue weighted by atomic mass is 9.94. The van der Waals surface area contributed by atoms with Gasteiger partial charge in [0.15, 0.2) is 6.10 Å². The molecule has 2 amide bonds. The summed E-state index contributed by atoms with van der Waals surface area (Å²) in [7, 11) is 1.86. The van der Waals surface area contributed by atoms with E-state index in [-0.39, 0.29) is 24.4 Å². The first kappa shape index (κ1) is 22.5. The number of rotatable bonds is 5. The van der Waals surface area contributed by atoms with Crippen molar-refractivity contribution in [3.63, 3.8) is 0 Å². The second-order valence-corrected chi connectivity index (χ2v) is 9.77. The van der Waals surface area contributed by atoms with E-state index in [1.165, 1.54) is 17.8 Å². The summed E-state index contributed by atoms with van der Waals surface area (Å²) in [5.41, 5.74) is 3.09. The normalized spacial score (nSPS) is 18.4. The van der Waals surface area contributed by atoms with Gasteiger partial charge in [0.1, 0.15) is 17.3 Å². The van der Waals surface area contributed by atoms with Crippen LogP contribution in [0.5, 0.6) is 5.75 Å². The van der Waals surface area contributed by atoms with Gasteiger partial charge in [0.2, 0.25) is 5.91 Å². The number of ether oxygens (including phenoxy) is 1. The van der Waals surface area contributed by atoms with Gasteiger partial charge in [-0.25, -0.2) is 4.98 Å². The third-order valence-corrected chi connectivity index (χ3v) is 7.53. The summed E-state index contributed by atoms with van der Waals surface area (Å²) in [6, 6.07) is 11.7. The molecule has 1 aromatic carbocycles. The lowest BCUT2D eigenvalue weighted by molar-refractivity contribution is -0.134. The van der Waals surface area contributed by atoms with Crippen LogP contribution in [0.2, 0.25) is 0 Å². The summed E-state index contributed by atoms with van der Waals surface area (Å²) in [5, 5.41) is 2.81. The van der Waals surface area contributed by atoms with Gasteiger partial charge in [-0.05, 0) is 50.1 Å². The van der Waals surface area contributed by atoms with E-state index in [2.05, 4.69) is 4.98 Å². The molecular weight excluding hydrogens is 448 g/mol. The van der Waals surface area contributed by atoms with Gasteiger partial charge in [-0.1, -0.05) is 25.3 Å². The molecule has 5 rings (SSSR count). The van der Waals surface area contributed by atoms with Crippen LogP contribution in [0.4, 0.5) is 5.69 Å². The van der Waals surface area contributed by atoms with E-state index in [9.17, 15) is 9.59 Å². The van der Waals surface area contributed by atoms with E-state index < -0.39 is 6.10 Å². The highest BCUT2D eigenvalue weighted by atomic mass is 32.1. The van der Waals surface area contributed by atoms with Crippen molar-refractivity contribution in [2.24, 2.45) is 0 Å². The van der Waals surface area contributed by atoms with Crippen molar-refractivity contribution in [3.8, 4) is 27.7 Å². The summed E-state index contributed by atoms with van der Waals surface area (Å²) in [6.07, 6.45) is 6.69. The topological polar surface area (TPSA) is 75.6 Å². The molecule has 3 aromatic rings. The van der Waals surface area contributed by atoms with E-state index in [4.69, 9.17) is 9.72 Å². The first-order valence-corrected chi connectivity index (χ1v) is 12.6. The number of benzene rings is 1. The Balaban J connectivity index is 1.42. The molecule has 176 valence electrons. The van der Waals surface area contributed by atoms with Gasteiger partial charge in [0.05, 0.1) is 17.1 Å². The van der Waals surface area contributed by atoms with Gasteiger partial charge >= 0.3 is 0 Å². The number of nitrogens with zero attached hydrogens (tertiary/aromatic N) is 4. The molecule has 0 N–H and O–H groups in total. The first-order chi connectivity index (χ1) is 16.5. The standard InChI is InChI=1S/C26H28N4O3S/c1-17-26(32)30(15-24(31)29(2)19-8-4-3-5-9-19)22-14-18(11-12-23(22)33-17)21-16-34-25(28-21)20-10-6-7-13-27-20/h6-7,10-14,16-17,19H,3-5,8-9,15H2,1-2H3. The lowest BCUT2D eigenvalue weighted by Gasteiger charge is -2.36. The fourth-order valence-corrected chi connectivity index (χ4v) is 5.47. The van der Waals surface area contributed by atoms with Crippen LogP contribution in [-0.2, 0) is 9.59 Å². The number of pyridine rings is 1. The van der Waals surface area contributed by atoms with E-state index >= 15 is 0 Å². The number of hydrogen-bond donors (Lipinski definition) is 0. The number of amides is 2. The van der Waals surface area contributed by atoms with Gasteiger partial charge in [-0.2, -0.15) is 0 Å². The Morgan fingerprint density at radius 1 is 1.18 bits per heavy atom. The molecule has 3 heterocycles. The average Bonchev–Trinajstić information content (AvgIpc) is 3.37. The van der Waals surface area contributed by atoms with Crippen LogP contribution in [-0.4, -0.2) is 52.4 Å². The monoisotopic (exact) mass is 476 g/mol. The fraction of sp³-hybridized carbons (Fsp3) is 0.385. The SMILES string of the molecule is CC1Oc2ccc(-c3csc(-c4ccccn4)n3)cc2N(CC(=O)N(C)C2CCCCC2)C1=O. The molecule has 0 spiro atoms. The number of likely N-dealkylation sites (N-methyl/N-ethyl adjacent to an activating group) is 1. The number of hydrogen-bond acceptors (Lipinski definition) is 6. The van der Waals surface area contributed by atoms with Crippen LogP contribution in [0.1, 0.15) is 39.0 Å². The Labute approximate surface area is 203 Å². The first-order valence-electron chi connectivity index (χ1n) is 11.8. The number of anilines is 1. The molecular formula is C26H28N4O3S. The maximum Gasteiger partial charge on any atom is 0.268 e. The predicted octanol–water partition coefficient (Wildman–Crippen LogP) is 4.78. The summed E-state index contributed by atoms with van der Waals surface area (Å²) in [4.78, 5) is 38.8. The maximum absolute atomic E-state index is 13.2. The zero-order valence-electron chi connectivity index (χ0n) is 19.4. The Morgan fingerprint density at radius 2 is 2.00 bits per heavy atom. The van der Waals surface area contributed by atoms with Crippen LogP contribution in [0.3, 0.4) is 0 Å². The third kappa shape index (κ3) is 4.42. The molecule has 34 heavy (non-hydrogen) atoms. The van der Waals surface area contributed by atoms with Crippen molar-refractivity contribution in [1.82, 2.24) is 14.9 Å². The van der Waals surface area contributed by atoms with Gasteiger partial charge in [-0.15, -0.1) is 11.3 Å². The lowest BCUT2D eigenvalue weighted by Crippen LogP contribution is -2.50. The van der Waals surface area contributed by atoms with Gasteiger partial charge in [-0.3, -0.25) is 19.5 Å². The highest BCUT2D eigenvalue weighted by Gasteiger charge is 2.34. The molecule has 1 saturated carbocycles. The predicted molar refractivity (Wildman–Crippen MR) is 133 cm³/mol. The molecule has 2 aromatic heterocycles. The highest BCUT2D eigenvalue weighted by Crippen LogP contribution is 2.38. The van der Waals surface area contributed by atoms with Crippen LogP contribution < -0.4 is 9.64 Å². The van der Waals surface area contributed by atoms with Gasteiger partial charge in [0.25, 0.3) is 5.91 Å². The molecule has 1 aliphatic carbocycles. The van der Waals surface area contributed by atoms with Crippen LogP contribution in [0.25, 0.3) is 22.0 Å². The second-order valence-electron chi connectivity index (χ2n) is 8.92. The van der Waals surface area contributed by atoms with E-state index in [0.717, 1.165) is 47.6 Å². The number of thiazole rings is 1. The minimum Gasteiger partial charge on any atom is -0.479 e. The van der Waals surface area contributed by atoms with Crippen molar-refractivity contribution in [2.45, 2.75) is 51.2 Å². The second kappa shape index (κ2) is 9.54. The van der Waals surface area contributed by atoms with Crippen molar-refractivity contribution in [3.05, 3.63) is 48.0 Å². The summed E-state index contributed by atoms with van der Waals surface area (Å²) >= 11 is 1.52. The number of carbonyl (C=O) groups excluding carboxylic acids is 2. The molecule has 0 radical (unpaired) electrons. The van der Waals surface area contributed by atoms with E-state index in [1.807, 2.05) is 53.7 Å². The fourth-order valence-electron chi connectivity index (χ4n) is 4.66. The van der Waals surface area contributed by atoms with E-state index in [0.29, 0.717) is 11.4 Å². The van der Waals surface area contributed by atoms with Crippen molar-refractivity contribution in [2.75, 3.05) is 18.5 Å². The summed E-state index contributed by atoms with van der Waals surface area (Å²) in [6.45, 7) is 1.73. The quantitative estimate of drug-likeness (QED) is 0.530. The highest BCUT2D eigenvalue weighted by molar-refractivity contribution is 7.13. The Kier molecular flexibility index (Phi) is 6.32. The molecule has 7 nitrogen and oxygen atoms in total. The van der Waals surface area contributed by atoms with Gasteiger partial charge < -0.3 is 9.64 Å². The third-order valence-electron chi connectivity index (χ3n) is 6.66. The van der Waals surface area contributed by atoms with Crippen LogP contribution in [0, 0.1) is 0 Å². The van der Waals surface area contributed by atoms with Crippen molar-refractivity contribution in [1.29, 1.82) is 0 Å². The number of aromatic nitrogens is 2. The molecule has 1 unspecified atom stereocenters. The van der Waals surface area contributed by atoms with E-state index in [1.54, 1.807) is 18.0 Å². The summed E-state index contributed by atoms with van der Waals surface area (Å²) in [5.74, 6) is 0.350. The number of fused-ring (bicyclic) bond motifs is 1. The molecule has 1 fully saturated rings.